The lowest BCUT2D eigenvalue weighted by Crippen LogP contribution is -2.23. The molecule has 0 fully saturated rings. The zero-order valence-electron chi connectivity index (χ0n) is 11.7. The highest BCUT2D eigenvalue weighted by Crippen LogP contribution is 2.31. The molecular formula is C15H17ClN2O2S. The van der Waals surface area contributed by atoms with E-state index in [1.54, 1.807) is 12.1 Å². The Kier molecular flexibility index (Phi) is 5.73. The highest BCUT2D eigenvalue weighted by Gasteiger charge is 2.19. The average molecular weight is 325 g/mol. The van der Waals surface area contributed by atoms with Gasteiger partial charge in [0.2, 0.25) is 0 Å². The third-order valence-corrected chi connectivity index (χ3v) is 4.54. The first-order valence-corrected chi connectivity index (χ1v) is 8.02. The predicted molar refractivity (Wildman–Crippen MR) is 87.2 cm³/mol. The minimum Gasteiger partial charge on any atom is -0.309 e. The van der Waals surface area contributed by atoms with Gasteiger partial charge in [-0.25, -0.2) is 0 Å². The van der Waals surface area contributed by atoms with Crippen molar-refractivity contribution in [3.8, 4) is 0 Å². The van der Waals surface area contributed by atoms with E-state index in [2.05, 4.69) is 12.2 Å². The number of thiophene rings is 1. The Balaban J connectivity index is 2.24. The van der Waals surface area contributed by atoms with E-state index in [0.717, 1.165) is 27.7 Å². The topological polar surface area (TPSA) is 55.2 Å². The summed E-state index contributed by atoms with van der Waals surface area (Å²) in [4.78, 5) is 11.9. The molecule has 1 heterocycles. The Morgan fingerprint density at radius 2 is 2.10 bits per heavy atom. The summed E-state index contributed by atoms with van der Waals surface area (Å²) in [5, 5.41) is 14.6. The monoisotopic (exact) mass is 324 g/mol. The molecule has 1 aromatic heterocycles. The van der Waals surface area contributed by atoms with E-state index in [9.17, 15) is 10.1 Å². The van der Waals surface area contributed by atoms with E-state index in [-0.39, 0.29) is 16.7 Å². The van der Waals surface area contributed by atoms with Crippen LogP contribution in [0.25, 0.3) is 0 Å². The highest BCUT2D eigenvalue weighted by molar-refractivity contribution is 7.16. The Hall–Kier alpha value is -1.43. The highest BCUT2D eigenvalue weighted by atomic mass is 35.5. The van der Waals surface area contributed by atoms with E-state index in [0.29, 0.717) is 6.42 Å². The summed E-state index contributed by atoms with van der Waals surface area (Å²) in [5.74, 6) is 0. The molecule has 1 atom stereocenters. The molecule has 4 nitrogen and oxygen atoms in total. The van der Waals surface area contributed by atoms with Gasteiger partial charge in [-0.3, -0.25) is 10.1 Å². The van der Waals surface area contributed by atoms with Gasteiger partial charge in [-0.1, -0.05) is 36.7 Å². The minimum absolute atomic E-state index is 0.0450. The number of hydrogen-bond donors (Lipinski definition) is 1. The van der Waals surface area contributed by atoms with Gasteiger partial charge in [-0.2, -0.15) is 0 Å². The maximum atomic E-state index is 11.1. The van der Waals surface area contributed by atoms with Crippen LogP contribution in [0.4, 0.5) is 5.69 Å². The van der Waals surface area contributed by atoms with Gasteiger partial charge >= 0.3 is 0 Å². The number of nitro benzene ring substituents is 1. The Morgan fingerprint density at radius 1 is 1.33 bits per heavy atom. The normalized spacial score (nSPS) is 12.3. The molecule has 1 aromatic carbocycles. The molecular weight excluding hydrogens is 308 g/mol. The molecule has 0 aliphatic heterocycles. The van der Waals surface area contributed by atoms with Crippen LogP contribution in [0.2, 0.25) is 4.34 Å². The number of hydrogen-bond acceptors (Lipinski definition) is 4. The Morgan fingerprint density at radius 3 is 2.71 bits per heavy atom. The van der Waals surface area contributed by atoms with Crippen LogP contribution in [0.15, 0.2) is 36.4 Å². The summed E-state index contributed by atoms with van der Waals surface area (Å²) >= 11 is 7.52. The number of rotatable bonds is 7. The lowest BCUT2D eigenvalue weighted by molar-refractivity contribution is -0.385. The fourth-order valence-electron chi connectivity index (χ4n) is 2.19. The largest absolute Gasteiger partial charge is 0.309 e. The van der Waals surface area contributed by atoms with E-state index in [1.165, 1.54) is 11.3 Å². The van der Waals surface area contributed by atoms with Crippen molar-refractivity contribution in [3.05, 3.63) is 61.3 Å². The summed E-state index contributed by atoms with van der Waals surface area (Å²) in [7, 11) is 0. The van der Waals surface area contributed by atoms with Crippen LogP contribution in [0.3, 0.4) is 0 Å². The molecule has 0 amide bonds. The van der Waals surface area contributed by atoms with E-state index >= 15 is 0 Å². The van der Waals surface area contributed by atoms with Crippen LogP contribution in [0.5, 0.6) is 0 Å². The van der Waals surface area contributed by atoms with Crippen molar-refractivity contribution >= 4 is 28.6 Å². The SMILES string of the molecule is CCCNC(Cc1ccccc1[N+](=O)[O-])c1ccc(Cl)s1. The standard InChI is InChI=1S/C15H17ClN2O2S/c1-2-9-17-12(14-7-8-15(16)21-14)10-11-5-3-4-6-13(11)18(19)20/h3-8,12,17H,2,9-10H2,1H3. The number of benzene rings is 1. The molecule has 1 N–H and O–H groups in total. The second-order valence-corrected chi connectivity index (χ2v) is 6.49. The molecule has 1 unspecified atom stereocenters. The number of para-hydroxylation sites is 1. The van der Waals surface area contributed by atoms with Crippen molar-refractivity contribution in [3.63, 3.8) is 0 Å². The van der Waals surface area contributed by atoms with Crippen molar-refractivity contribution in [2.24, 2.45) is 0 Å². The number of halogens is 1. The summed E-state index contributed by atoms with van der Waals surface area (Å²) in [5.41, 5.74) is 0.907. The Labute approximate surface area is 132 Å². The summed E-state index contributed by atoms with van der Waals surface area (Å²) in [6.45, 7) is 2.96. The quantitative estimate of drug-likeness (QED) is 0.598. The molecule has 0 bridgehead atoms. The zero-order valence-corrected chi connectivity index (χ0v) is 13.3. The third kappa shape index (κ3) is 4.27. The van der Waals surface area contributed by atoms with Crippen molar-refractivity contribution in [2.45, 2.75) is 25.8 Å². The van der Waals surface area contributed by atoms with E-state index in [1.807, 2.05) is 24.3 Å². The zero-order chi connectivity index (χ0) is 15.2. The number of nitrogens with zero attached hydrogens (tertiary/aromatic N) is 1. The number of nitro groups is 1. The molecule has 0 saturated carbocycles. The lowest BCUT2D eigenvalue weighted by Gasteiger charge is -2.17. The summed E-state index contributed by atoms with van der Waals surface area (Å²) in [6, 6.07) is 10.8. The van der Waals surface area contributed by atoms with Gasteiger partial charge in [0.05, 0.1) is 9.26 Å². The molecule has 112 valence electrons. The van der Waals surface area contributed by atoms with Crippen molar-refractivity contribution < 1.29 is 4.92 Å². The van der Waals surface area contributed by atoms with Crippen molar-refractivity contribution in [2.75, 3.05) is 6.54 Å². The first-order valence-electron chi connectivity index (χ1n) is 6.82. The van der Waals surface area contributed by atoms with Crippen molar-refractivity contribution in [1.82, 2.24) is 5.32 Å². The van der Waals surface area contributed by atoms with E-state index in [4.69, 9.17) is 11.6 Å². The molecule has 2 aromatic rings. The van der Waals surface area contributed by atoms with Crippen molar-refractivity contribution in [1.29, 1.82) is 0 Å². The van der Waals surface area contributed by atoms with E-state index < -0.39 is 0 Å². The minimum atomic E-state index is -0.326. The van der Waals surface area contributed by atoms with Crippen LogP contribution in [-0.4, -0.2) is 11.5 Å². The molecule has 0 saturated heterocycles. The first-order chi connectivity index (χ1) is 10.1. The molecule has 0 aliphatic carbocycles. The average Bonchev–Trinajstić information content (AvgIpc) is 2.90. The summed E-state index contributed by atoms with van der Waals surface area (Å²) in [6.07, 6.45) is 1.58. The van der Waals surface area contributed by atoms with Crippen LogP contribution in [-0.2, 0) is 6.42 Å². The Bertz CT molecular complexity index is 615. The van der Waals surface area contributed by atoms with Gasteiger partial charge in [0.1, 0.15) is 0 Å². The molecule has 0 radical (unpaired) electrons. The fraction of sp³-hybridized carbons (Fsp3) is 0.333. The smallest absolute Gasteiger partial charge is 0.272 e. The third-order valence-electron chi connectivity index (χ3n) is 3.19. The number of nitrogens with one attached hydrogen (secondary N) is 1. The second-order valence-electron chi connectivity index (χ2n) is 4.74. The second kappa shape index (κ2) is 7.54. The van der Waals surface area contributed by atoms with Gasteiger partial charge in [0, 0.05) is 22.5 Å². The molecule has 21 heavy (non-hydrogen) atoms. The predicted octanol–water partition coefficient (Wildman–Crippen LogP) is 4.59. The maximum absolute atomic E-state index is 11.1. The van der Waals surface area contributed by atoms with Crippen LogP contribution in [0, 0.1) is 10.1 Å². The first kappa shape index (κ1) is 15.9. The summed E-state index contributed by atoms with van der Waals surface area (Å²) < 4.78 is 0.732. The van der Waals surface area contributed by atoms with Gasteiger partial charge < -0.3 is 5.32 Å². The van der Waals surface area contributed by atoms with Gasteiger partial charge in [-0.05, 0) is 31.5 Å². The van der Waals surface area contributed by atoms with Gasteiger partial charge in [-0.15, -0.1) is 11.3 Å². The molecule has 0 spiro atoms. The maximum Gasteiger partial charge on any atom is 0.272 e. The molecule has 2 rings (SSSR count). The lowest BCUT2D eigenvalue weighted by atomic mass is 10.0. The van der Waals surface area contributed by atoms with Crippen LogP contribution < -0.4 is 5.32 Å². The fourth-order valence-corrected chi connectivity index (χ4v) is 3.33. The van der Waals surface area contributed by atoms with Gasteiger partial charge in [0.25, 0.3) is 5.69 Å². The molecule has 0 aliphatic rings. The molecule has 6 heteroatoms. The van der Waals surface area contributed by atoms with Gasteiger partial charge in [0.15, 0.2) is 0 Å². The van der Waals surface area contributed by atoms with Crippen LogP contribution in [0.1, 0.15) is 29.8 Å². The van der Waals surface area contributed by atoms with Crippen LogP contribution >= 0.6 is 22.9 Å².